The summed E-state index contributed by atoms with van der Waals surface area (Å²) >= 11 is 0. The number of hydrogen-bond donors (Lipinski definition) is 1. The Morgan fingerprint density at radius 3 is 2.79 bits per heavy atom. The molecule has 0 aliphatic carbocycles. The number of fused-ring (bicyclic) bond motifs is 1. The molecule has 1 atom stereocenters. The van der Waals surface area contributed by atoms with Crippen molar-refractivity contribution in [2.24, 2.45) is 5.92 Å². The van der Waals surface area contributed by atoms with Crippen molar-refractivity contribution in [3.8, 4) is 0 Å². The monoisotopic (exact) mass is 264 g/mol. The molecular weight excluding hydrogens is 240 g/mol. The summed E-state index contributed by atoms with van der Waals surface area (Å²) in [6, 6.07) is 0. The van der Waals surface area contributed by atoms with Crippen LogP contribution in [-0.2, 0) is 19.4 Å². The van der Waals surface area contributed by atoms with E-state index in [1.54, 1.807) is 0 Å². The minimum atomic E-state index is -0.241. The van der Waals surface area contributed by atoms with Crippen molar-refractivity contribution in [1.29, 1.82) is 0 Å². The van der Waals surface area contributed by atoms with Gasteiger partial charge in [-0.25, -0.2) is 9.67 Å². The Morgan fingerprint density at radius 1 is 1.26 bits per heavy atom. The molecule has 2 aliphatic rings. The van der Waals surface area contributed by atoms with Gasteiger partial charge in [0.2, 0.25) is 0 Å². The van der Waals surface area contributed by atoms with Gasteiger partial charge in [0.1, 0.15) is 5.82 Å². The first-order valence-electron chi connectivity index (χ1n) is 7.57. The fraction of sp³-hybridized carbons (Fsp3) is 0.857. The summed E-state index contributed by atoms with van der Waals surface area (Å²) in [6.45, 7) is 6.45. The predicted molar refractivity (Wildman–Crippen MR) is 72.9 cm³/mol. The fourth-order valence-corrected chi connectivity index (χ4v) is 3.20. The van der Waals surface area contributed by atoms with Crippen molar-refractivity contribution in [2.45, 2.75) is 51.7 Å². The van der Waals surface area contributed by atoms with Gasteiger partial charge < -0.3 is 10.0 Å². The van der Waals surface area contributed by atoms with E-state index in [1.165, 1.54) is 32.5 Å². The van der Waals surface area contributed by atoms with E-state index in [0.717, 1.165) is 36.8 Å². The zero-order valence-electron chi connectivity index (χ0n) is 11.8. The number of nitrogens with zero attached hydrogens (tertiary/aromatic N) is 4. The SMILES string of the molecule is CCN1CCC(Cc2nc3n(n2)CC(O)CC3)CC1. The molecule has 5 nitrogen and oxygen atoms in total. The summed E-state index contributed by atoms with van der Waals surface area (Å²) in [5.41, 5.74) is 0. The Balaban J connectivity index is 1.59. The summed E-state index contributed by atoms with van der Waals surface area (Å²) in [4.78, 5) is 7.16. The molecule has 0 saturated carbocycles. The highest BCUT2D eigenvalue weighted by molar-refractivity contribution is 4.98. The van der Waals surface area contributed by atoms with Crippen LogP contribution in [0.5, 0.6) is 0 Å². The van der Waals surface area contributed by atoms with E-state index < -0.39 is 0 Å². The lowest BCUT2D eigenvalue weighted by molar-refractivity contribution is 0.124. The fourth-order valence-electron chi connectivity index (χ4n) is 3.20. The summed E-state index contributed by atoms with van der Waals surface area (Å²) < 4.78 is 1.91. The topological polar surface area (TPSA) is 54.2 Å². The minimum absolute atomic E-state index is 0.241. The van der Waals surface area contributed by atoms with Crippen LogP contribution in [0.1, 0.15) is 37.8 Å². The Bertz CT molecular complexity index is 423. The number of piperidine rings is 1. The molecule has 1 aromatic rings. The molecule has 19 heavy (non-hydrogen) atoms. The maximum Gasteiger partial charge on any atom is 0.151 e. The lowest BCUT2D eigenvalue weighted by Crippen LogP contribution is -2.34. The Labute approximate surface area is 114 Å². The van der Waals surface area contributed by atoms with Crippen LogP contribution in [0, 0.1) is 5.92 Å². The number of aryl methyl sites for hydroxylation is 1. The second-order valence-corrected chi connectivity index (χ2v) is 5.90. The highest BCUT2D eigenvalue weighted by atomic mass is 16.3. The molecule has 3 rings (SSSR count). The molecule has 5 heteroatoms. The molecule has 0 amide bonds. The van der Waals surface area contributed by atoms with Gasteiger partial charge in [0.05, 0.1) is 12.6 Å². The van der Waals surface area contributed by atoms with Gasteiger partial charge in [-0.05, 0) is 44.8 Å². The number of aromatic nitrogens is 3. The van der Waals surface area contributed by atoms with Gasteiger partial charge in [-0.2, -0.15) is 5.10 Å². The highest BCUT2D eigenvalue weighted by Crippen LogP contribution is 2.21. The van der Waals surface area contributed by atoms with E-state index in [1.807, 2.05) is 4.68 Å². The molecule has 3 heterocycles. The summed E-state index contributed by atoms with van der Waals surface area (Å²) in [5, 5.41) is 14.2. The quantitative estimate of drug-likeness (QED) is 0.880. The van der Waals surface area contributed by atoms with Gasteiger partial charge in [-0.3, -0.25) is 0 Å². The van der Waals surface area contributed by atoms with Crippen molar-refractivity contribution in [2.75, 3.05) is 19.6 Å². The standard InChI is InChI=1S/C14H24N4O/c1-2-17-7-5-11(6-8-17)9-13-15-14-4-3-12(19)10-18(14)16-13/h11-12,19H,2-10H2,1H3. The van der Waals surface area contributed by atoms with Gasteiger partial charge in [0, 0.05) is 12.8 Å². The average Bonchev–Trinajstić information content (AvgIpc) is 2.81. The summed E-state index contributed by atoms with van der Waals surface area (Å²) in [6.07, 6.45) is 4.99. The van der Waals surface area contributed by atoms with Crippen LogP contribution in [0.15, 0.2) is 0 Å². The third kappa shape index (κ3) is 2.98. The number of hydrogen-bond acceptors (Lipinski definition) is 4. The summed E-state index contributed by atoms with van der Waals surface area (Å²) in [5.74, 6) is 2.78. The first-order valence-corrected chi connectivity index (χ1v) is 7.57. The Morgan fingerprint density at radius 2 is 2.05 bits per heavy atom. The van der Waals surface area contributed by atoms with Gasteiger partial charge >= 0.3 is 0 Å². The molecule has 0 aromatic carbocycles. The molecule has 2 aliphatic heterocycles. The van der Waals surface area contributed by atoms with Crippen LogP contribution >= 0.6 is 0 Å². The number of aliphatic hydroxyl groups is 1. The van der Waals surface area contributed by atoms with E-state index >= 15 is 0 Å². The van der Waals surface area contributed by atoms with Crippen molar-refractivity contribution in [1.82, 2.24) is 19.7 Å². The van der Waals surface area contributed by atoms with Crippen LogP contribution in [0.3, 0.4) is 0 Å². The zero-order valence-corrected chi connectivity index (χ0v) is 11.8. The third-order valence-electron chi connectivity index (χ3n) is 4.50. The smallest absolute Gasteiger partial charge is 0.151 e. The van der Waals surface area contributed by atoms with E-state index in [4.69, 9.17) is 0 Å². The zero-order chi connectivity index (χ0) is 13.2. The lowest BCUT2D eigenvalue weighted by atomic mass is 9.93. The van der Waals surface area contributed by atoms with Gasteiger partial charge in [0.15, 0.2) is 5.82 Å². The van der Waals surface area contributed by atoms with E-state index in [9.17, 15) is 5.11 Å². The van der Waals surface area contributed by atoms with E-state index in [0.29, 0.717) is 6.54 Å². The first kappa shape index (κ1) is 13.1. The number of aliphatic hydroxyl groups excluding tert-OH is 1. The van der Waals surface area contributed by atoms with E-state index in [-0.39, 0.29) is 6.10 Å². The van der Waals surface area contributed by atoms with Crippen LogP contribution in [0.4, 0.5) is 0 Å². The molecule has 1 N–H and O–H groups in total. The number of likely N-dealkylation sites (tertiary alicyclic amines) is 1. The van der Waals surface area contributed by atoms with Crippen LogP contribution in [0.2, 0.25) is 0 Å². The van der Waals surface area contributed by atoms with Gasteiger partial charge in [-0.15, -0.1) is 0 Å². The van der Waals surface area contributed by atoms with Crippen LogP contribution in [-0.4, -0.2) is 50.5 Å². The Kier molecular flexibility index (Phi) is 3.84. The molecular formula is C14H24N4O. The van der Waals surface area contributed by atoms with Crippen LogP contribution < -0.4 is 0 Å². The lowest BCUT2D eigenvalue weighted by Gasteiger charge is -2.30. The summed E-state index contributed by atoms with van der Waals surface area (Å²) in [7, 11) is 0. The number of rotatable bonds is 3. The molecule has 0 spiro atoms. The Hall–Kier alpha value is -0.940. The third-order valence-corrected chi connectivity index (χ3v) is 4.50. The minimum Gasteiger partial charge on any atom is -0.391 e. The second-order valence-electron chi connectivity index (χ2n) is 5.90. The molecule has 1 saturated heterocycles. The molecule has 106 valence electrons. The van der Waals surface area contributed by atoms with Gasteiger partial charge in [-0.1, -0.05) is 6.92 Å². The van der Waals surface area contributed by atoms with Crippen molar-refractivity contribution in [3.63, 3.8) is 0 Å². The molecule has 0 radical (unpaired) electrons. The normalized spacial score (nSPS) is 25.5. The molecule has 0 bridgehead atoms. The highest BCUT2D eigenvalue weighted by Gasteiger charge is 2.23. The maximum atomic E-state index is 9.65. The van der Waals surface area contributed by atoms with Crippen molar-refractivity contribution in [3.05, 3.63) is 11.6 Å². The van der Waals surface area contributed by atoms with Gasteiger partial charge in [0.25, 0.3) is 0 Å². The van der Waals surface area contributed by atoms with Crippen molar-refractivity contribution < 1.29 is 5.11 Å². The maximum absolute atomic E-state index is 9.65. The van der Waals surface area contributed by atoms with E-state index in [2.05, 4.69) is 21.9 Å². The molecule has 1 aromatic heterocycles. The average molecular weight is 264 g/mol. The predicted octanol–water partition coefficient (Wildman–Crippen LogP) is 0.860. The van der Waals surface area contributed by atoms with Crippen LogP contribution in [0.25, 0.3) is 0 Å². The molecule has 1 fully saturated rings. The second kappa shape index (κ2) is 5.59. The molecule has 1 unspecified atom stereocenters. The van der Waals surface area contributed by atoms with Crippen molar-refractivity contribution >= 4 is 0 Å². The largest absolute Gasteiger partial charge is 0.391 e. The first-order chi connectivity index (χ1) is 9.24.